The summed E-state index contributed by atoms with van der Waals surface area (Å²) in [7, 11) is 4.25. The van der Waals surface area contributed by atoms with E-state index in [-0.39, 0.29) is 6.04 Å². The number of nitrogens with zero attached hydrogens (tertiary/aromatic N) is 1. The molecule has 0 spiro atoms. The highest BCUT2D eigenvalue weighted by molar-refractivity contribution is 5.37. The minimum atomic E-state index is 0.209. The van der Waals surface area contributed by atoms with Crippen LogP contribution in [0.1, 0.15) is 42.5 Å². The van der Waals surface area contributed by atoms with Gasteiger partial charge in [0.25, 0.3) is 0 Å². The quantitative estimate of drug-likeness (QED) is 0.756. The molecule has 0 bridgehead atoms. The lowest BCUT2D eigenvalue weighted by Crippen LogP contribution is -2.22. The van der Waals surface area contributed by atoms with E-state index in [0.717, 1.165) is 13.0 Å². The topological polar surface area (TPSA) is 41.3 Å². The van der Waals surface area contributed by atoms with Gasteiger partial charge < -0.3 is 16.0 Å². The molecule has 1 aromatic rings. The van der Waals surface area contributed by atoms with Crippen LogP contribution in [0.25, 0.3) is 0 Å². The smallest absolute Gasteiger partial charge is 0.0341 e. The van der Waals surface area contributed by atoms with Gasteiger partial charge in [0.2, 0.25) is 0 Å². The van der Waals surface area contributed by atoms with Crippen LogP contribution >= 0.6 is 0 Å². The first kappa shape index (κ1) is 13.5. The fraction of sp³-hybridized carbons (Fsp3) is 0.600. The zero-order valence-electron chi connectivity index (χ0n) is 11.5. The lowest BCUT2D eigenvalue weighted by molar-refractivity contribution is 0.386. The Hall–Kier alpha value is -0.900. The van der Waals surface area contributed by atoms with Gasteiger partial charge in [0, 0.05) is 12.1 Å². The highest BCUT2D eigenvalue weighted by atomic mass is 15.0. The maximum Gasteiger partial charge on any atom is 0.0341 e. The Labute approximate surface area is 110 Å². The average molecular weight is 247 g/mol. The molecule has 2 rings (SSSR count). The highest BCUT2D eigenvalue weighted by Gasteiger charge is 2.27. The summed E-state index contributed by atoms with van der Waals surface area (Å²) >= 11 is 0. The summed E-state index contributed by atoms with van der Waals surface area (Å²) in [6, 6.07) is 9.22. The monoisotopic (exact) mass is 247 g/mol. The van der Waals surface area contributed by atoms with E-state index >= 15 is 0 Å². The van der Waals surface area contributed by atoms with E-state index in [1.54, 1.807) is 0 Å². The Kier molecular flexibility index (Phi) is 4.75. The predicted octanol–water partition coefficient (Wildman–Crippen LogP) is 2.06. The van der Waals surface area contributed by atoms with Crippen LogP contribution in [0, 0.1) is 0 Å². The summed E-state index contributed by atoms with van der Waals surface area (Å²) in [5.74, 6) is 0. The summed E-state index contributed by atoms with van der Waals surface area (Å²) in [6.45, 7) is 2.25. The lowest BCUT2D eigenvalue weighted by Gasteiger charge is -2.14. The standard InChI is InChI=1S/C15H25N3/c1-18(2)10-6-5-9-17-15-11-14(16)12-7-3-4-8-13(12)15/h3-4,7-8,14-15,17H,5-6,9-11,16H2,1-2H3. The number of unbranched alkanes of at least 4 members (excludes halogenated alkanes) is 1. The summed E-state index contributed by atoms with van der Waals surface area (Å²) < 4.78 is 0. The molecule has 0 amide bonds. The number of benzene rings is 1. The van der Waals surface area contributed by atoms with Gasteiger partial charge in [-0.05, 0) is 57.6 Å². The molecular weight excluding hydrogens is 222 g/mol. The van der Waals surface area contributed by atoms with E-state index in [1.165, 1.54) is 30.5 Å². The summed E-state index contributed by atoms with van der Waals surface area (Å²) in [4.78, 5) is 2.24. The second kappa shape index (κ2) is 6.32. The lowest BCUT2D eigenvalue weighted by atomic mass is 10.1. The first-order chi connectivity index (χ1) is 8.68. The maximum absolute atomic E-state index is 6.16. The van der Waals surface area contributed by atoms with E-state index in [2.05, 4.69) is 48.6 Å². The number of hydrogen-bond acceptors (Lipinski definition) is 3. The van der Waals surface area contributed by atoms with Crippen molar-refractivity contribution in [2.75, 3.05) is 27.2 Å². The van der Waals surface area contributed by atoms with Gasteiger partial charge in [-0.3, -0.25) is 0 Å². The summed E-state index contributed by atoms with van der Waals surface area (Å²) in [5, 5.41) is 3.64. The molecule has 2 unspecified atom stereocenters. The number of rotatable bonds is 6. The SMILES string of the molecule is CN(C)CCCCNC1CC(N)c2ccccc21. The second-order valence-corrected chi connectivity index (χ2v) is 5.49. The van der Waals surface area contributed by atoms with Crippen LogP contribution < -0.4 is 11.1 Å². The van der Waals surface area contributed by atoms with Gasteiger partial charge in [-0.15, -0.1) is 0 Å². The number of nitrogens with one attached hydrogen (secondary N) is 1. The van der Waals surface area contributed by atoms with Crippen molar-refractivity contribution in [3.05, 3.63) is 35.4 Å². The van der Waals surface area contributed by atoms with E-state index < -0.39 is 0 Å². The van der Waals surface area contributed by atoms with Gasteiger partial charge in [0.1, 0.15) is 0 Å². The molecule has 1 aliphatic rings. The third-order valence-electron chi connectivity index (χ3n) is 3.68. The molecule has 2 atom stereocenters. The van der Waals surface area contributed by atoms with Crippen LogP contribution in [0.15, 0.2) is 24.3 Å². The maximum atomic E-state index is 6.16. The fourth-order valence-electron chi connectivity index (χ4n) is 2.70. The summed E-state index contributed by atoms with van der Waals surface area (Å²) in [5.41, 5.74) is 8.88. The van der Waals surface area contributed by atoms with Gasteiger partial charge in [0.15, 0.2) is 0 Å². The van der Waals surface area contributed by atoms with Crippen LogP contribution in [0.3, 0.4) is 0 Å². The van der Waals surface area contributed by atoms with E-state index in [0.29, 0.717) is 6.04 Å². The molecule has 18 heavy (non-hydrogen) atoms. The van der Waals surface area contributed by atoms with Crippen molar-refractivity contribution in [3.63, 3.8) is 0 Å². The largest absolute Gasteiger partial charge is 0.324 e. The third-order valence-corrected chi connectivity index (χ3v) is 3.68. The van der Waals surface area contributed by atoms with Crippen molar-refractivity contribution < 1.29 is 0 Å². The molecular formula is C15H25N3. The molecule has 0 saturated heterocycles. The molecule has 3 heteroatoms. The summed E-state index contributed by atoms with van der Waals surface area (Å²) in [6.07, 6.45) is 3.51. The van der Waals surface area contributed by atoms with Crippen LogP contribution in [0.4, 0.5) is 0 Å². The number of fused-ring (bicyclic) bond motifs is 1. The zero-order valence-corrected chi connectivity index (χ0v) is 11.5. The van der Waals surface area contributed by atoms with Gasteiger partial charge in [-0.25, -0.2) is 0 Å². The van der Waals surface area contributed by atoms with Crippen molar-refractivity contribution in [1.29, 1.82) is 0 Å². The molecule has 0 radical (unpaired) electrons. The third kappa shape index (κ3) is 3.31. The number of nitrogens with two attached hydrogens (primary N) is 1. The van der Waals surface area contributed by atoms with Gasteiger partial charge in [-0.2, -0.15) is 0 Å². The fourth-order valence-corrected chi connectivity index (χ4v) is 2.70. The van der Waals surface area contributed by atoms with Crippen molar-refractivity contribution in [2.24, 2.45) is 5.73 Å². The van der Waals surface area contributed by atoms with Gasteiger partial charge in [0.05, 0.1) is 0 Å². The van der Waals surface area contributed by atoms with Crippen LogP contribution in [0.2, 0.25) is 0 Å². The van der Waals surface area contributed by atoms with E-state index in [1.807, 2.05) is 0 Å². The molecule has 1 aliphatic carbocycles. The van der Waals surface area contributed by atoms with Crippen molar-refractivity contribution >= 4 is 0 Å². The Balaban J connectivity index is 1.78. The first-order valence-electron chi connectivity index (χ1n) is 6.91. The molecule has 100 valence electrons. The van der Waals surface area contributed by atoms with Crippen molar-refractivity contribution in [2.45, 2.75) is 31.3 Å². The van der Waals surface area contributed by atoms with E-state index in [9.17, 15) is 0 Å². The van der Waals surface area contributed by atoms with Crippen molar-refractivity contribution in [1.82, 2.24) is 10.2 Å². The average Bonchev–Trinajstić information content (AvgIpc) is 2.66. The molecule has 0 saturated carbocycles. The Morgan fingerprint density at radius 2 is 1.94 bits per heavy atom. The van der Waals surface area contributed by atoms with Gasteiger partial charge >= 0.3 is 0 Å². The van der Waals surface area contributed by atoms with E-state index in [4.69, 9.17) is 5.73 Å². The van der Waals surface area contributed by atoms with Crippen LogP contribution in [0.5, 0.6) is 0 Å². The highest BCUT2D eigenvalue weighted by Crippen LogP contribution is 2.36. The molecule has 3 nitrogen and oxygen atoms in total. The Morgan fingerprint density at radius 3 is 2.67 bits per heavy atom. The minimum absolute atomic E-state index is 0.209. The molecule has 1 aromatic carbocycles. The normalized spacial score (nSPS) is 22.4. The molecule has 0 fully saturated rings. The zero-order chi connectivity index (χ0) is 13.0. The number of hydrogen-bond donors (Lipinski definition) is 2. The first-order valence-corrected chi connectivity index (χ1v) is 6.91. The second-order valence-electron chi connectivity index (χ2n) is 5.49. The molecule has 0 heterocycles. The van der Waals surface area contributed by atoms with Crippen LogP contribution in [-0.2, 0) is 0 Å². The molecule has 3 N–H and O–H groups in total. The Bertz CT molecular complexity index is 376. The predicted molar refractivity (Wildman–Crippen MR) is 76.5 cm³/mol. The minimum Gasteiger partial charge on any atom is -0.324 e. The molecule has 0 aliphatic heterocycles. The van der Waals surface area contributed by atoms with Crippen LogP contribution in [-0.4, -0.2) is 32.1 Å². The van der Waals surface area contributed by atoms with Gasteiger partial charge in [-0.1, -0.05) is 24.3 Å². The molecule has 0 aromatic heterocycles. The Morgan fingerprint density at radius 1 is 1.22 bits per heavy atom. The van der Waals surface area contributed by atoms with Crippen molar-refractivity contribution in [3.8, 4) is 0 Å².